The van der Waals surface area contributed by atoms with E-state index in [2.05, 4.69) is 10.8 Å². The van der Waals surface area contributed by atoms with Crippen LogP contribution in [0.4, 0.5) is 13.2 Å². The zero-order valence-corrected chi connectivity index (χ0v) is 11.5. The lowest BCUT2D eigenvalue weighted by atomic mass is 9.92. The van der Waals surface area contributed by atoms with Crippen LogP contribution < -0.4 is 4.74 Å². The standard InChI is InChI=1S/C17H12F3NO/c18-17(19,20)22-15-7-2-1-5-14(15)16-12(10-21)4-3-6-13(16)11-8-9-11/h1-7,11H,8-9H2. The molecule has 0 aliphatic heterocycles. The van der Waals surface area contributed by atoms with Gasteiger partial charge in [0.25, 0.3) is 0 Å². The molecule has 1 saturated carbocycles. The number of rotatable bonds is 3. The van der Waals surface area contributed by atoms with E-state index in [1.165, 1.54) is 12.1 Å². The van der Waals surface area contributed by atoms with Crippen LogP contribution in [-0.2, 0) is 0 Å². The molecule has 1 aliphatic carbocycles. The Morgan fingerprint density at radius 2 is 1.77 bits per heavy atom. The molecule has 2 nitrogen and oxygen atoms in total. The van der Waals surface area contributed by atoms with E-state index in [1.54, 1.807) is 24.3 Å². The molecular weight excluding hydrogens is 291 g/mol. The maximum absolute atomic E-state index is 12.6. The quantitative estimate of drug-likeness (QED) is 0.799. The minimum Gasteiger partial charge on any atom is -0.405 e. The predicted molar refractivity (Wildman–Crippen MR) is 75.3 cm³/mol. The molecule has 0 spiro atoms. The van der Waals surface area contributed by atoms with Crippen molar-refractivity contribution in [3.63, 3.8) is 0 Å². The number of benzene rings is 2. The van der Waals surface area contributed by atoms with Crippen LogP contribution in [-0.4, -0.2) is 6.36 Å². The number of nitriles is 1. The first-order valence-corrected chi connectivity index (χ1v) is 6.88. The van der Waals surface area contributed by atoms with Crippen LogP contribution in [0.25, 0.3) is 11.1 Å². The van der Waals surface area contributed by atoms with Crippen molar-refractivity contribution in [1.82, 2.24) is 0 Å². The van der Waals surface area contributed by atoms with Crippen LogP contribution in [0.3, 0.4) is 0 Å². The summed E-state index contributed by atoms with van der Waals surface area (Å²) < 4.78 is 41.9. The van der Waals surface area contributed by atoms with E-state index in [4.69, 9.17) is 0 Å². The molecule has 2 aromatic rings. The van der Waals surface area contributed by atoms with E-state index in [-0.39, 0.29) is 5.75 Å². The molecule has 0 bridgehead atoms. The van der Waals surface area contributed by atoms with Gasteiger partial charge in [0.15, 0.2) is 0 Å². The number of nitrogens with zero attached hydrogens (tertiary/aromatic N) is 1. The van der Waals surface area contributed by atoms with Gasteiger partial charge in [-0.3, -0.25) is 0 Å². The molecule has 22 heavy (non-hydrogen) atoms. The highest BCUT2D eigenvalue weighted by Crippen LogP contribution is 2.47. The smallest absolute Gasteiger partial charge is 0.405 e. The van der Waals surface area contributed by atoms with Crippen molar-refractivity contribution in [1.29, 1.82) is 5.26 Å². The zero-order chi connectivity index (χ0) is 15.7. The van der Waals surface area contributed by atoms with Gasteiger partial charge >= 0.3 is 6.36 Å². The number of para-hydroxylation sites is 1. The molecule has 0 N–H and O–H groups in total. The minimum absolute atomic E-state index is 0.278. The van der Waals surface area contributed by atoms with Crippen LogP contribution in [0.1, 0.15) is 29.9 Å². The van der Waals surface area contributed by atoms with Gasteiger partial charge in [0.05, 0.1) is 11.6 Å². The second-order valence-corrected chi connectivity index (χ2v) is 5.20. The second-order valence-electron chi connectivity index (χ2n) is 5.20. The second kappa shape index (κ2) is 5.38. The monoisotopic (exact) mass is 303 g/mol. The van der Waals surface area contributed by atoms with Gasteiger partial charge < -0.3 is 4.74 Å². The molecule has 0 unspecified atom stereocenters. The molecule has 112 valence electrons. The van der Waals surface area contributed by atoms with Crippen molar-refractivity contribution in [2.45, 2.75) is 25.1 Å². The normalized spacial score (nSPS) is 14.5. The molecule has 1 aliphatic rings. The lowest BCUT2D eigenvalue weighted by molar-refractivity contribution is -0.274. The van der Waals surface area contributed by atoms with Crippen LogP contribution in [0.2, 0.25) is 0 Å². The van der Waals surface area contributed by atoms with Gasteiger partial charge in [-0.05, 0) is 36.5 Å². The van der Waals surface area contributed by atoms with Crippen LogP contribution >= 0.6 is 0 Å². The molecule has 0 radical (unpaired) electrons. The van der Waals surface area contributed by atoms with E-state index in [1.807, 2.05) is 6.07 Å². The van der Waals surface area contributed by atoms with Gasteiger partial charge in [0, 0.05) is 11.1 Å². The molecule has 3 rings (SSSR count). The molecule has 0 heterocycles. The number of ether oxygens (including phenoxy) is 1. The SMILES string of the molecule is N#Cc1cccc(C2CC2)c1-c1ccccc1OC(F)(F)F. The Labute approximate surface area is 125 Å². The Morgan fingerprint density at radius 1 is 1.05 bits per heavy atom. The summed E-state index contributed by atoms with van der Waals surface area (Å²) in [4.78, 5) is 0. The topological polar surface area (TPSA) is 33.0 Å². The van der Waals surface area contributed by atoms with Crippen molar-refractivity contribution in [2.24, 2.45) is 0 Å². The van der Waals surface area contributed by atoms with Crippen LogP contribution in [0.15, 0.2) is 42.5 Å². The highest BCUT2D eigenvalue weighted by Gasteiger charge is 2.34. The van der Waals surface area contributed by atoms with E-state index in [0.717, 1.165) is 18.4 Å². The summed E-state index contributed by atoms with van der Waals surface area (Å²) in [5, 5.41) is 9.32. The average Bonchev–Trinajstić information content (AvgIpc) is 3.30. The molecule has 2 aromatic carbocycles. The maximum Gasteiger partial charge on any atom is 0.573 e. The minimum atomic E-state index is -4.77. The van der Waals surface area contributed by atoms with Crippen LogP contribution in [0, 0.1) is 11.3 Å². The molecule has 0 saturated heterocycles. The Bertz CT molecular complexity index is 742. The van der Waals surface area contributed by atoms with Crippen molar-refractivity contribution < 1.29 is 17.9 Å². The van der Waals surface area contributed by atoms with E-state index in [0.29, 0.717) is 22.6 Å². The van der Waals surface area contributed by atoms with E-state index >= 15 is 0 Å². The summed E-state index contributed by atoms with van der Waals surface area (Å²) in [6, 6.07) is 13.3. The highest BCUT2D eigenvalue weighted by molar-refractivity contribution is 5.79. The summed E-state index contributed by atoms with van der Waals surface area (Å²) in [5.41, 5.74) is 2.13. The van der Waals surface area contributed by atoms with Gasteiger partial charge in [0.1, 0.15) is 5.75 Å². The third kappa shape index (κ3) is 2.91. The predicted octanol–water partition coefficient (Wildman–Crippen LogP) is 5.00. The lowest BCUT2D eigenvalue weighted by Crippen LogP contribution is -2.17. The third-order valence-electron chi connectivity index (χ3n) is 3.62. The van der Waals surface area contributed by atoms with Gasteiger partial charge in [-0.25, -0.2) is 0 Å². The molecule has 0 aromatic heterocycles. The fraction of sp³-hybridized carbons (Fsp3) is 0.235. The average molecular weight is 303 g/mol. The number of alkyl halides is 3. The Balaban J connectivity index is 2.18. The Hall–Kier alpha value is -2.48. The van der Waals surface area contributed by atoms with Crippen molar-refractivity contribution in [3.05, 3.63) is 53.6 Å². The number of hydrogen-bond acceptors (Lipinski definition) is 2. The first-order valence-electron chi connectivity index (χ1n) is 6.88. The number of hydrogen-bond donors (Lipinski definition) is 0. The first-order chi connectivity index (χ1) is 10.5. The van der Waals surface area contributed by atoms with Gasteiger partial charge in [-0.2, -0.15) is 5.26 Å². The van der Waals surface area contributed by atoms with E-state index < -0.39 is 6.36 Å². The van der Waals surface area contributed by atoms with Crippen molar-refractivity contribution in [3.8, 4) is 22.9 Å². The molecular formula is C17H12F3NO. The van der Waals surface area contributed by atoms with Crippen LogP contribution in [0.5, 0.6) is 5.75 Å². The molecule has 5 heteroatoms. The van der Waals surface area contributed by atoms with Gasteiger partial charge in [-0.15, -0.1) is 13.2 Å². The first kappa shape index (κ1) is 14.5. The lowest BCUT2D eigenvalue weighted by Gasteiger charge is -2.16. The molecule has 1 fully saturated rings. The third-order valence-corrected chi connectivity index (χ3v) is 3.62. The summed E-state index contributed by atoms with van der Waals surface area (Å²) in [7, 11) is 0. The fourth-order valence-electron chi connectivity index (χ4n) is 2.59. The summed E-state index contributed by atoms with van der Waals surface area (Å²) >= 11 is 0. The summed E-state index contributed by atoms with van der Waals surface area (Å²) in [6.07, 6.45) is -2.79. The van der Waals surface area contributed by atoms with E-state index in [9.17, 15) is 18.4 Å². The maximum atomic E-state index is 12.6. The van der Waals surface area contributed by atoms with Crippen molar-refractivity contribution >= 4 is 0 Å². The summed E-state index contributed by atoms with van der Waals surface area (Å²) in [5.74, 6) is 0.0295. The van der Waals surface area contributed by atoms with Crippen molar-refractivity contribution in [2.75, 3.05) is 0 Å². The zero-order valence-electron chi connectivity index (χ0n) is 11.5. The Morgan fingerprint density at radius 3 is 2.41 bits per heavy atom. The fourth-order valence-corrected chi connectivity index (χ4v) is 2.59. The van der Waals surface area contributed by atoms with Gasteiger partial charge in [-0.1, -0.05) is 30.3 Å². The Kier molecular flexibility index (Phi) is 3.53. The largest absolute Gasteiger partial charge is 0.573 e. The highest BCUT2D eigenvalue weighted by atomic mass is 19.4. The summed E-state index contributed by atoms with van der Waals surface area (Å²) in [6.45, 7) is 0. The molecule has 0 atom stereocenters. The number of halogens is 3. The van der Waals surface area contributed by atoms with Gasteiger partial charge in [0.2, 0.25) is 0 Å². The molecule has 0 amide bonds.